The molecule has 1 aromatic carbocycles. The largest absolute Gasteiger partial charge is 0.488 e. The first kappa shape index (κ1) is 15.2. The van der Waals surface area contributed by atoms with Gasteiger partial charge in [0.1, 0.15) is 5.75 Å². The number of anilines is 1. The molecule has 1 aromatic heterocycles. The minimum absolute atomic E-state index is 0.163. The molecule has 1 aliphatic rings. The monoisotopic (exact) mass is 338 g/mol. The van der Waals surface area contributed by atoms with Gasteiger partial charge in [-0.25, -0.2) is 0 Å². The summed E-state index contributed by atoms with van der Waals surface area (Å²) in [7, 11) is -5.15. The van der Waals surface area contributed by atoms with E-state index in [2.05, 4.69) is 14.5 Å². The molecule has 1 unspecified atom stereocenters. The fraction of sp³-hybridized carbons (Fsp3) is 0.143. The van der Waals surface area contributed by atoms with E-state index in [4.69, 9.17) is 4.74 Å². The molecule has 23 heavy (non-hydrogen) atoms. The highest BCUT2D eigenvalue weighted by molar-refractivity contribution is 7.81. The van der Waals surface area contributed by atoms with E-state index in [1.165, 1.54) is 6.20 Å². The van der Waals surface area contributed by atoms with Crippen LogP contribution in [0.3, 0.4) is 0 Å². The van der Waals surface area contributed by atoms with Crippen molar-refractivity contribution in [2.24, 2.45) is 0 Å². The fourth-order valence-corrected chi connectivity index (χ4v) is 2.52. The molecule has 0 fully saturated rings. The Morgan fingerprint density at radius 3 is 2.87 bits per heavy atom. The molecule has 1 N–H and O–H groups in total. The third-order valence-corrected chi connectivity index (χ3v) is 3.51. The maximum absolute atomic E-state index is 12.5. The number of pyridine rings is 1. The van der Waals surface area contributed by atoms with Crippen molar-refractivity contribution in [2.75, 3.05) is 5.32 Å². The molecule has 2 heterocycles. The van der Waals surface area contributed by atoms with E-state index in [0.717, 1.165) is 17.8 Å². The van der Waals surface area contributed by atoms with Crippen LogP contribution in [-0.4, -0.2) is 25.4 Å². The van der Waals surface area contributed by atoms with E-state index in [1.807, 2.05) is 12.1 Å². The van der Waals surface area contributed by atoms with Crippen LogP contribution in [0.5, 0.6) is 11.5 Å². The lowest BCUT2D eigenvalue weighted by atomic mass is 10.1. The van der Waals surface area contributed by atoms with Gasteiger partial charge in [-0.3, -0.25) is 9.78 Å². The summed E-state index contributed by atoms with van der Waals surface area (Å²) in [5.74, 6) is -0.129. The number of fused-ring (bicyclic) bond motifs is 1. The Morgan fingerprint density at radius 2 is 2.13 bits per heavy atom. The van der Waals surface area contributed by atoms with E-state index in [9.17, 15) is 17.1 Å². The molecule has 120 valence electrons. The quantitative estimate of drug-likeness (QED) is 0.851. The smallest absolute Gasteiger partial charge is 0.480 e. The summed E-state index contributed by atoms with van der Waals surface area (Å²) in [6.07, 6.45) is 2.00. The molecule has 1 atom stereocenters. The summed E-state index contributed by atoms with van der Waals surface area (Å²) < 4.78 is 43.0. The van der Waals surface area contributed by atoms with Crippen LogP contribution in [0.1, 0.15) is 5.56 Å². The number of carbonyl (C=O) groups is 1. The van der Waals surface area contributed by atoms with Crippen molar-refractivity contribution >= 4 is 22.1 Å². The summed E-state index contributed by atoms with van der Waals surface area (Å²) >= 11 is 0. The Bertz CT molecular complexity index is 831. The molecule has 0 saturated carbocycles. The first-order chi connectivity index (χ1) is 10.9. The third-order valence-electron chi connectivity index (χ3n) is 3.12. The van der Waals surface area contributed by atoms with Crippen LogP contribution in [0.15, 0.2) is 42.7 Å². The van der Waals surface area contributed by atoms with Gasteiger partial charge in [0.2, 0.25) is 0 Å². The molecular formula is C14H11FN2O5S. The van der Waals surface area contributed by atoms with E-state index < -0.39 is 22.5 Å². The van der Waals surface area contributed by atoms with Crippen molar-refractivity contribution in [3.8, 4) is 11.5 Å². The van der Waals surface area contributed by atoms with Crippen molar-refractivity contribution in [1.82, 2.24) is 4.98 Å². The average molecular weight is 338 g/mol. The zero-order valence-electron chi connectivity index (χ0n) is 11.6. The molecule has 0 spiro atoms. The van der Waals surface area contributed by atoms with Crippen LogP contribution in [0.2, 0.25) is 0 Å². The van der Waals surface area contributed by atoms with Crippen LogP contribution in [-0.2, 0) is 21.7 Å². The number of carbonyl (C=O) groups excluding carboxylic acids is 1. The third kappa shape index (κ3) is 3.75. The molecule has 0 radical (unpaired) electrons. The van der Waals surface area contributed by atoms with Crippen molar-refractivity contribution in [3.63, 3.8) is 0 Å². The van der Waals surface area contributed by atoms with Gasteiger partial charge in [-0.1, -0.05) is 22.1 Å². The summed E-state index contributed by atoms with van der Waals surface area (Å²) in [5, 5.41) is 2.52. The molecule has 3 rings (SSSR count). The first-order valence-corrected chi connectivity index (χ1v) is 7.86. The Labute approximate surface area is 131 Å². The van der Waals surface area contributed by atoms with Gasteiger partial charge in [-0.05, 0) is 11.6 Å². The highest BCUT2D eigenvalue weighted by Crippen LogP contribution is 2.28. The van der Waals surface area contributed by atoms with Crippen LogP contribution in [0.4, 0.5) is 9.57 Å². The number of nitrogens with zero attached hydrogens (tertiary/aromatic N) is 1. The molecule has 0 aliphatic carbocycles. The second-order valence-corrected chi connectivity index (χ2v) is 5.75. The maximum atomic E-state index is 12.5. The van der Waals surface area contributed by atoms with Gasteiger partial charge in [-0.15, -0.1) is 0 Å². The molecule has 1 aliphatic heterocycles. The topological polar surface area (TPSA) is 94.6 Å². The van der Waals surface area contributed by atoms with E-state index in [-0.39, 0.29) is 11.4 Å². The van der Waals surface area contributed by atoms with Crippen LogP contribution < -0.4 is 14.2 Å². The molecule has 7 nitrogen and oxygen atoms in total. The number of benzene rings is 1. The lowest BCUT2D eigenvalue weighted by molar-refractivity contribution is -0.122. The number of hydrogen-bond donors (Lipinski definition) is 1. The van der Waals surface area contributed by atoms with E-state index in [0.29, 0.717) is 12.2 Å². The molecule has 9 heteroatoms. The highest BCUT2D eigenvalue weighted by Gasteiger charge is 2.28. The molecule has 0 bridgehead atoms. The zero-order chi connectivity index (χ0) is 16.4. The number of hydrogen-bond acceptors (Lipinski definition) is 6. The second kappa shape index (κ2) is 5.84. The van der Waals surface area contributed by atoms with Gasteiger partial charge < -0.3 is 14.2 Å². The van der Waals surface area contributed by atoms with E-state index >= 15 is 0 Å². The normalized spacial score (nSPS) is 16.3. The number of para-hydroxylation sites is 1. The Morgan fingerprint density at radius 1 is 1.35 bits per heavy atom. The average Bonchev–Trinajstić information content (AvgIpc) is 2.90. The Hall–Kier alpha value is -2.68. The van der Waals surface area contributed by atoms with Crippen LogP contribution >= 0.6 is 0 Å². The first-order valence-electron chi connectivity index (χ1n) is 6.55. The predicted molar refractivity (Wildman–Crippen MR) is 78.1 cm³/mol. The van der Waals surface area contributed by atoms with Crippen molar-refractivity contribution in [3.05, 3.63) is 48.3 Å². The van der Waals surface area contributed by atoms with Crippen LogP contribution in [0.25, 0.3) is 0 Å². The lowest BCUT2D eigenvalue weighted by Gasteiger charge is -2.11. The summed E-state index contributed by atoms with van der Waals surface area (Å²) in [6, 6.07) is 8.44. The number of nitrogens with one attached hydrogen (secondary N) is 1. The van der Waals surface area contributed by atoms with Crippen molar-refractivity contribution in [1.29, 1.82) is 0 Å². The molecule has 2 aromatic rings. The van der Waals surface area contributed by atoms with Gasteiger partial charge in [0.15, 0.2) is 11.9 Å². The van der Waals surface area contributed by atoms with Gasteiger partial charge in [0.25, 0.3) is 5.91 Å². The van der Waals surface area contributed by atoms with Gasteiger partial charge >= 0.3 is 10.5 Å². The number of amides is 1. The highest BCUT2D eigenvalue weighted by atomic mass is 32.3. The predicted octanol–water partition coefficient (Wildman–Crippen LogP) is 1.62. The SMILES string of the molecule is O=C(Nc1cncc(OS(=O)(=O)F)c1)C1Cc2ccccc2O1. The number of ether oxygens (including phenoxy) is 1. The minimum atomic E-state index is -5.15. The zero-order valence-corrected chi connectivity index (χ0v) is 12.4. The van der Waals surface area contributed by atoms with Gasteiger partial charge in [0.05, 0.1) is 18.1 Å². The van der Waals surface area contributed by atoms with Crippen LogP contribution in [0, 0.1) is 0 Å². The standard InChI is InChI=1S/C14H11FN2O5S/c15-23(19,20)22-11-6-10(7-16-8-11)17-14(18)13-5-9-3-1-2-4-12(9)21-13/h1-4,6-8,13H,5H2,(H,17,18). The van der Waals surface area contributed by atoms with E-state index in [1.54, 1.807) is 12.1 Å². The lowest BCUT2D eigenvalue weighted by Crippen LogP contribution is -2.31. The Balaban J connectivity index is 1.68. The summed E-state index contributed by atoms with van der Waals surface area (Å²) in [5.41, 5.74) is 1.09. The minimum Gasteiger partial charge on any atom is -0.480 e. The summed E-state index contributed by atoms with van der Waals surface area (Å²) in [4.78, 5) is 15.9. The fourth-order valence-electron chi connectivity index (χ4n) is 2.20. The van der Waals surface area contributed by atoms with Crippen molar-refractivity contribution < 1.29 is 26.0 Å². The molecule has 1 amide bonds. The number of rotatable bonds is 4. The van der Waals surface area contributed by atoms with Gasteiger partial charge in [0, 0.05) is 12.5 Å². The van der Waals surface area contributed by atoms with Crippen molar-refractivity contribution in [2.45, 2.75) is 12.5 Å². The van der Waals surface area contributed by atoms with Gasteiger partial charge in [-0.2, -0.15) is 8.42 Å². The number of aromatic nitrogens is 1. The second-order valence-electron chi connectivity index (χ2n) is 4.79. The molecular weight excluding hydrogens is 327 g/mol. The summed E-state index contributed by atoms with van der Waals surface area (Å²) in [6.45, 7) is 0. The molecule has 0 saturated heterocycles. The Kier molecular flexibility index (Phi) is 3.87. The maximum Gasteiger partial charge on any atom is 0.488 e. The number of halogens is 1.